The summed E-state index contributed by atoms with van der Waals surface area (Å²) in [5, 5.41) is 1.57. The Bertz CT molecular complexity index is 838. The van der Waals surface area contributed by atoms with Gasteiger partial charge in [-0.15, -0.1) is 5.06 Å². The maximum atomic E-state index is 12.0. The lowest BCUT2D eigenvalue weighted by Crippen LogP contribution is -2.43. The highest BCUT2D eigenvalue weighted by atomic mass is 16.8. The number of hydroxylamine groups is 2. The van der Waals surface area contributed by atoms with E-state index in [-0.39, 0.29) is 0 Å². The zero-order chi connectivity index (χ0) is 21.3. The SMILES string of the molecule is CO[C@H]1O[C@H]([C@H](c2ccco2)N(Cc2ccccc2)OC(C)=O)[C@@H]2OC(C)(C)O[C@H]12. The lowest BCUT2D eigenvalue weighted by Gasteiger charge is -2.34. The van der Waals surface area contributed by atoms with E-state index >= 15 is 0 Å². The second-order valence-electron chi connectivity index (χ2n) is 7.87. The molecule has 1 aromatic carbocycles. The smallest absolute Gasteiger partial charge is 0.322 e. The summed E-state index contributed by atoms with van der Waals surface area (Å²) in [6.07, 6.45) is -0.448. The fourth-order valence-corrected chi connectivity index (χ4v) is 4.08. The van der Waals surface area contributed by atoms with Gasteiger partial charge >= 0.3 is 5.97 Å². The molecular formula is C22H27NO7. The Morgan fingerprint density at radius 2 is 1.87 bits per heavy atom. The van der Waals surface area contributed by atoms with Crippen molar-refractivity contribution in [1.82, 2.24) is 5.06 Å². The van der Waals surface area contributed by atoms with Gasteiger partial charge < -0.3 is 28.2 Å². The van der Waals surface area contributed by atoms with E-state index in [1.807, 2.05) is 50.2 Å². The average molecular weight is 417 g/mol. The number of benzene rings is 1. The molecule has 0 bridgehead atoms. The Balaban J connectivity index is 1.70. The lowest BCUT2D eigenvalue weighted by atomic mass is 10.0. The first-order valence-corrected chi connectivity index (χ1v) is 9.94. The van der Waals surface area contributed by atoms with Crippen molar-refractivity contribution in [2.45, 2.75) is 63.7 Å². The predicted molar refractivity (Wildman–Crippen MR) is 105 cm³/mol. The molecule has 2 fully saturated rings. The third-order valence-corrected chi connectivity index (χ3v) is 5.16. The monoisotopic (exact) mass is 417 g/mol. The Labute approximate surface area is 175 Å². The Kier molecular flexibility index (Phi) is 5.95. The van der Waals surface area contributed by atoms with Crippen LogP contribution in [0.25, 0.3) is 0 Å². The van der Waals surface area contributed by atoms with Gasteiger partial charge in [0.25, 0.3) is 0 Å². The highest BCUT2D eigenvalue weighted by Gasteiger charge is 2.59. The lowest BCUT2D eigenvalue weighted by molar-refractivity contribution is -0.259. The molecule has 0 amide bonds. The normalized spacial score (nSPS) is 28.4. The third kappa shape index (κ3) is 4.28. The highest BCUT2D eigenvalue weighted by Crippen LogP contribution is 2.45. The molecule has 162 valence electrons. The van der Waals surface area contributed by atoms with Crippen molar-refractivity contribution in [2.24, 2.45) is 0 Å². The zero-order valence-electron chi connectivity index (χ0n) is 17.5. The molecule has 0 unspecified atom stereocenters. The average Bonchev–Trinajstić information content (AvgIpc) is 3.39. The molecular weight excluding hydrogens is 390 g/mol. The molecule has 0 saturated carbocycles. The number of furan rings is 1. The molecule has 2 aliphatic heterocycles. The van der Waals surface area contributed by atoms with Gasteiger partial charge in [0.05, 0.1) is 12.8 Å². The van der Waals surface area contributed by atoms with Gasteiger partial charge in [-0.1, -0.05) is 30.3 Å². The van der Waals surface area contributed by atoms with Crippen molar-refractivity contribution >= 4 is 5.97 Å². The molecule has 5 atom stereocenters. The van der Waals surface area contributed by atoms with Gasteiger partial charge in [0, 0.05) is 14.0 Å². The molecule has 2 aromatic rings. The molecule has 2 aliphatic rings. The van der Waals surface area contributed by atoms with E-state index < -0.39 is 42.4 Å². The van der Waals surface area contributed by atoms with Gasteiger partial charge in [-0.3, -0.25) is 4.79 Å². The molecule has 3 heterocycles. The first-order chi connectivity index (χ1) is 14.4. The van der Waals surface area contributed by atoms with Gasteiger partial charge in [0.2, 0.25) is 0 Å². The van der Waals surface area contributed by atoms with E-state index in [0.29, 0.717) is 12.3 Å². The standard InChI is InChI=1S/C22H27NO7/c1-14(24)30-23(13-15-9-6-5-7-10-15)17(16-11-8-12-26-16)18-19-20(21(25-4)27-18)29-22(2,3)28-19/h5-12,17-21H,13H2,1-4H3/t17-,18+,19-,20-,21-/m0/s1. The van der Waals surface area contributed by atoms with Crippen LogP contribution in [0.15, 0.2) is 53.1 Å². The van der Waals surface area contributed by atoms with Gasteiger partial charge in [-0.2, -0.15) is 0 Å². The van der Waals surface area contributed by atoms with E-state index in [2.05, 4.69) is 0 Å². The largest absolute Gasteiger partial charge is 0.467 e. The molecule has 0 spiro atoms. The number of ether oxygens (including phenoxy) is 4. The molecule has 1 aromatic heterocycles. The van der Waals surface area contributed by atoms with Crippen LogP contribution in [0.3, 0.4) is 0 Å². The van der Waals surface area contributed by atoms with Crippen LogP contribution in [-0.2, 0) is 35.1 Å². The molecule has 0 radical (unpaired) electrons. The summed E-state index contributed by atoms with van der Waals surface area (Å²) in [6.45, 7) is 5.41. The first-order valence-electron chi connectivity index (χ1n) is 9.94. The minimum atomic E-state index is -0.784. The van der Waals surface area contributed by atoms with E-state index in [9.17, 15) is 4.79 Å². The molecule has 2 saturated heterocycles. The molecule has 8 nitrogen and oxygen atoms in total. The number of carbonyl (C=O) groups is 1. The minimum absolute atomic E-state index is 0.338. The highest BCUT2D eigenvalue weighted by molar-refractivity contribution is 5.65. The third-order valence-electron chi connectivity index (χ3n) is 5.16. The maximum absolute atomic E-state index is 12.0. The maximum Gasteiger partial charge on any atom is 0.322 e. The van der Waals surface area contributed by atoms with Gasteiger partial charge in [0.1, 0.15) is 30.1 Å². The summed E-state index contributed by atoms with van der Waals surface area (Å²) in [5.74, 6) is -0.640. The number of nitrogens with zero attached hydrogens (tertiary/aromatic N) is 1. The number of methoxy groups -OCH3 is 1. The summed E-state index contributed by atoms with van der Waals surface area (Å²) in [5.41, 5.74) is 0.970. The van der Waals surface area contributed by atoms with Gasteiger partial charge in [0.15, 0.2) is 12.1 Å². The van der Waals surface area contributed by atoms with Crippen LogP contribution in [0.1, 0.15) is 38.1 Å². The fraction of sp³-hybridized carbons (Fsp3) is 0.500. The first kappa shape index (κ1) is 21.0. The molecule has 0 N–H and O–H groups in total. The minimum Gasteiger partial charge on any atom is -0.467 e. The molecule has 30 heavy (non-hydrogen) atoms. The number of fused-ring (bicyclic) bond motifs is 1. The van der Waals surface area contributed by atoms with Crippen LogP contribution >= 0.6 is 0 Å². The predicted octanol–water partition coefficient (Wildman–Crippen LogP) is 3.19. The van der Waals surface area contributed by atoms with E-state index in [1.54, 1.807) is 24.5 Å². The van der Waals surface area contributed by atoms with Crippen molar-refractivity contribution in [3.8, 4) is 0 Å². The van der Waals surface area contributed by atoms with Crippen molar-refractivity contribution in [3.05, 3.63) is 60.1 Å². The number of rotatable bonds is 7. The van der Waals surface area contributed by atoms with E-state index in [0.717, 1.165) is 5.56 Å². The molecule has 0 aliphatic carbocycles. The molecule has 4 rings (SSSR count). The Hall–Kier alpha value is -2.23. The fourth-order valence-electron chi connectivity index (χ4n) is 4.08. The van der Waals surface area contributed by atoms with Gasteiger partial charge in [-0.05, 0) is 31.5 Å². The zero-order valence-corrected chi connectivity index (χ0v) is 17.5. The van der Waals surface area contributed by atoms with Crippen LogP contribution in [-0.4, -0.2) is 48.5 Å². The van der Waals surface area contributed by atoms with Crippen molar-refractivity contribution in [3.63, 3.8) is 0 Å². The summed E-state index contributed by atoms with van der Waals surface area (Å²) in [7, 11) is 1.56. The number of hydrogen-bond acceptors (Lipinski definition) is 8. The second kappa shape index (κ2) is 8.49. The molecule has 8 heteroatoms. The summed E-state index contributed by atoms with van der Waals surface area (Å²) >= 11 is 0. The topological polar surface area (TPSA) is 79.6 Å². The van der Waals surface area contributed by atoms with Crippen LogP contribution in [0, 0.1) is 0 Å². The van der Waals surface area contributed by atoms with E-state index in [1.165, 1.54) is 6.92 Å². The van der Waals surface area contributed by atoms with Crippen LogP contribution < -0.4 is 0 Å². The Morgan fingerprint density at radius 3 is 2.50 bits per heavy atom. The quantitative estimate of drug-likeness (QED) is 0.636. The van der Waals surface area contributed by atoms with Crippen LogP contribution in [0.4, 0.5) is 0 Å². The second-order valence-corrected chi connectivity index (χ2v) is 7.87. The summed E-state index contributed by atoms with van der Waals surface area (Å²) < 4.78 is 29.6. The summed E-state index contributed by atoms with van der Waals surface area (Å²) in [6, 6.07) is 12.8. The van der Waals surface area contributed by atoms with Crippen molar-refractivity contribution < 1.29 is 33.0 Å². The summed E-state index contributed by atoms with van der Waals surface area (Å²) in [4.78, 5) is 17.6. The van der Waals surface area contributed by atoms with Crippen LogP contribution in [0.5, 0.6) is 0 Å². The number of hydrogen-bond donors (Lipinski definition) is 0. The number of carbonyl (C=O) groups excluding carboxylic acids is 1. The van der Waals surface area contributed by atoms with Crippen molar-refractivity contribution in [2.75, 3.05) is 7.11 Å². The van der Waals surface area contributed by atoms with E-state index in [4.69, 9.17) is 28.2 Å². The Morgan fingerprint density at radius 1 is 1.13 bits per heavy atom. The van der Waals surface area contributed by atoms with Crippen molar-refractivity contribution in [1.29, 1.82) is 0 Å². The van der Waals surface area contributed by atoms with Gasteiger partial charge in [-0.25, -0.2) is 0 Å². The van der Waals surface area contributed by atoms with Crippen LogP contribution in [0.2, 0.25) is 0 Å².